The molecule has 0 aromatic heterocycles. The van der Waals surface area contributed by atoms with Gasteiger partial charge in [-0.05, 0) is 60.1 Å². The third kappa shape index (κ3) is 4.33. The fraction of sp³-hybridized carbons (Fsp3) is 0.350. The van der Waals surface area contributed by atoms with Gasteiger partial charge in [0.05, 0.1) is 6.54 Å². The highest BCUT2D eigenvalue weighted by Gasteiger charge is 2.40. The van der Waals surface area contributed by atoms with Crippen LogP contribution in [0.25, 0.3) is 0 Å². The van der Waals surface area contributed by atoms with E-state index in [1.807, 2.05) is 36.4 Å². The lowest BCUT2D eigenvalue weighted by atomic mass is 10.1. The number of aryl methyl sites for hydroxylation is 1. The van der Waals surface area contributed by atoms with E-state index in [9.17, 15) is 10.0 Å². The van der Waals surface area contributed by atoms with Crippen LogP contribution in [0, 0.1) is 5.92 Å². The van der Waals surface area contributed by atoms with Crippen LogP contribution < -0.4 is 4.74 Å². The molecule has 6 heteroatoms. The summed E-state index contributed by atoms with van der Waals surface area (Å²) in [7, 11) is 1.18. The molecule has 1 fully saturated rings. The van der Waals surface area contributed by atoms with Gasteiger partial charge in [0.2, 0.25) is 0 Å². The minimum atomic E-state index is -0.830. The molecule has 138 valence electrons. The summed E-state index contributed by atoms with van der Waals surface area (Å²) in [4.78, 5) is 11.5. The lowest BCUT2D eigenvalue weighted by Gasteiger charge is -2.18. The summed E-state index contributed by atoms with van der Waals surface area (Å²) in [6.45, 7) is 2.31. The zero-order chi connectivity index (χ0) is 18.7. The van der Waals surface area contributed by atoms with E-state index in [0.29, 0.717) is 10.1 Å². The SMILES string of the molecule is CCc1ccc(Oc2cccc(C3CC3CN(O)C(=O)N(C)O)c2)cc1. The first kappa shape index (κ1) is 18.2. The molecule has 0 radical (unpaired) electrons. The summed E-state index contributed by atoms with van der Waals surface area (Å²) in [6, 6.07) is 15.1. The van der Waals surface area contributed by atoms with E-state index in [1.54, 1.807) is 0 Å². The molecule has 2 amide bonds. The second-order valence-electron chi connectivity index (χ2n) is 6.66. The van der Waals surface area contributed by atoms with Crippen LogP contribution in [0.1, 0.15) is 30.4 Å². The standard InChI is InChI=1S/C20H24N2O4/c1-3-14-7-9-17(10-8-14)26-18-6-4-5-15(11-18)19-12-16(19)13-22(25)20(23)21(2)24/h4-11,16,19,24-25H,3,12-13H2,1-2H3. The highest BCUT2D eigenvalue weighted by molar-refractivity contribution is 5.71. The molecule has 1 aliphatic carbocycles. The number of nitrogens with zero attached hydrogens (tertiary/aromatic N) is 2. The zero-order valence-corrected chi connectivity index (χ0v) is 15.0. The topological polar surface area (TPSA) is 73.2 Å². The fourth-order valence-electron chi connectivity index (χ4n) is 3.06. The third-order valence-electron chi connectivity index (χ3n) is 4.68. The quantitative estimate of drug-likeness (QED) is 0.599. The first-order valence-electron chi connectivity index (χ1n) is 8.77. The predicted octanol–water partition coefficient (Wildman–Crippen LogP) is 4.28. The number of rotatable bonds is 6. The Hall–Kier alpha value is -2.57. The summed E-state index contributed by atoms with van der Waals surface area (Å²) in [5.41, 5.74) is 2.39. The van der Waals surface area contributed by atoms with Crippen molar-refractivity contribution < 1.29 is 19.9 Å². The maximum Gasteiger partial charge on any atom is 0.367 e. The molecule has 0 saturated heterocycles. The van der Waals surface area contributed by atoms with Crippen molar-refractivity contribution in [3.8, 4) is 11.5 Å². The average Bonchev–Trinajstić information content (AvgIpc) is 3.41. The van der Waals surface area contributed by atoms with Gasteiger partial charge in [-0.1, -0.05) is 31.2 Å². The summed E-state index contributed by atoms with van der Waals surface area (Å²) in [6.07, 6.45) is 1.88. The van der Waals surface area contributed by atoms with Crippen LogP contribution in [0.3, 0.4) is 0 Å². The van der Waals surface area contributed by atoms with Gasteiger partial charge in [0.25, 0.3) is 0 Å². The van der Waals surface area contributed by atoms with Crippen molar-refractivity contribution >= 4 is 6.03 Å². The van der Waals surface area contributed by atoms with Crippen molar-refractivity contribution in [2.45, 2.75) is 25.7 Å². The molecule has 2 aromatic rings. The summed E-state index contributed by atoms with van der Waals surface area (Å²) in [5.74, 6) is 2.00. The van der Waals surface area contributed by atoms with Crippen LogP contribution in [0.15, 0.2) is 48.5 Å². The van der Waals surface area contributed by atoms with Crippen molar-refractivity contribution in [2.75, 3.05) is 13.6 Å². The number of benzene rings is 2. The fourth-order valence-corrected chi connectivity index (χ4v) is 3.06. The molecule has 2 aromatic carbocycles. The van der Waals surface area contributed by atoms with Gasteiger partial charge in [-0.25, -0.2) is 14.9 Å². The van der Waals surface area contributed by atoms with Gasteiger partial charge in [0.15, 0.2) is 0 Å². The Morgan fingerprint density at radius 3 is 2.54 bits per heavy atom. The largest absolute Gasteiger partial charge is 0.457 e. The van der Waals surface area contributed by atoms with Gasteiger partial charge in [-0.3, -0.25) is 10.4 Å². The van der Waals surface area contributed by atoms with E-state index in [4.69, 9.17) is 9.94 Å². The number of carbonyl (C=O) groups is 1. The highest BCUT2D eigenvalue weighted by Crippen LogP contribution is 2.48. The predicted molar refractivity (Wildman–Crippen MR) is 96.6 cm³/mol. The van der Waals surface area contributed by atoms with Crippen LogP contribution in [0.5, 0.6) is 11.5 Å². The van der Waals surface area contributed by atoms with E-state index < -0.39 is 6.03 Å². The summed E-state index contributed by atoms with van der Waals surface area (Å²) in [5, 5.41) is 19.7. The monoisotopic (exact) mass is 356 g/mol. The van der Waals surface area contributed by atoms with Crippen LogP contribution >= 0.6 is 0 Å². The average molecular weight is 356 g/mol. The van der Waals surface area contributed by atoms with Crippen molar-refractivity contribution in [3.05, 3.63) is 59.7 Å². The number of hydrogen-bond acceptors (Lipinski definition) is 4. The normalized spacial score (nSPS) is 18.3. The molecule has 0 heterocycles. The Kier molecular flexibility index (Phi) is 5.44. The second kappa shape index (κ2) is 7.76. The van der Waals surface area contributed by atoms with E-state index >= 15 is 0 Å². The smallest absolute Gasteiger partial charge is 0.367 e. The van der Waals surface area contributed by atoms with Crippen molar-refractivity contribution in [2.24, 2.45) is 5.92 Å². The number of amides is 2. The Morgan fingerprint density at radius 1 is 1.15 bits per heavy atom. The molecule has 0 bridgehead atoms. The molecule has 1 saturated carbocycles. The molecule has 2 atom stereocenters. The van der Waals surface area contributed by atoms with E-state index in [2.05, 4.69) is 19.1 Å². The lowest BCUT2D eigenvalue weighted by Crippen LogP contribution is -2.38. The summed E-state index contributed by atoms with van der Waals surface area (Å²) >= 11 is 0. The van der Waals surface area contributed by atoms with Crippen molar-refractivity contribution in [1.29, 1.82) is 0 Å². The Bertz CT molecular complexity index is 761. The van der Waals surface area contributed by atoms with Crippen LogP contribution in [-0.2, 0) is 6.42 Å². The van der Waals surface area contributed by atoms with Gasteiger partial charge < -0.3 is 4.74 Å². The Labute approximate surface area is 153 Å². The second-order valence-corrected chi connectivity index (χ2v) is 6.66. The number of carbonyl (C=O) groups excluding carboxylic acids is 1. The van der Waals surface area contributed by atoms with Gasteiger partial charge in [0, 0.05) is 7.05 Å². The Balaban J connectivity index is 1.60. The maximum atomic E-state index is 11.5. The van der Waals surface area contributed by atoms with E-state index in [1.165, 1.54) is 12.6 Å². The minimum Gasteiger partial charge on any atom is -0.457 e. The van der Waals surface area contributed by atoms with Crippen LogP contribution in [0.2, 0.25) is 0 Å². The van der Waals surface area contributed by atoms with Crippen molar-refractivity contribution in [3.63, 3.8) is 0 Å². The molecular weight excluding hydrogens is 332 g/mol. The van der Waals surface area contributed by atoms with Gasteiger partial charge in [-0.15, -0.1) is 0 Å². The minimum absolute atomic E-state index is 0.169. The summed E-state index contributed by atoms with van der Waals surface area (Å²) < 4.78 is 5.93. The molecule has 2 N–H and O–H groups in total. The maximum absolute atomic E-state index is 11.5. The molecule has 1 aliphatic rings. The third-order valence-corrected chi connectivity index (χ3v) is 4.68. The molecular formula is C20H24N2O4. The zero-order valence-electron chi connectivity index (χ0n) is 15.0. The number of urea groups is 1. The molecule has 0 spiro atoms. The van der Waals surface area contributed by atoms with Crippen LogP contribution in [0.4, 0.5) is 4.79 Å². The van der Waals surface area contributed by atoms with Crippen molar-refractivity contribution in [1.82, 2.24) is 10.1 Å². The molecule has 6 nitrogen and oxygen atoms in total. The molecule has 0 aliphatic heterocycles. The lowest BCUT2D eigenvalue weighted by molar-refractivity contribution is -0.108. The van der Waals surface area contributed by atoms with E-state index in [0.717, 1.165) is 29.9 Å². The van der Waals surface area contributed by atoms with E-state index in [-0.39, 0.29) is 18.4 Å². The van der Waals surface area contributed by atoms with Crippen LogP contribution in [-0.4, -0.2) is 40.2 Å². The van der Waals surface area contributed by atoms with Gasteiger partial charge in [0.1, 0.15) is 11.5 Å². The molecule has 26 heavy (non-hydrogen) atoms. The molecule has 2 unspecified atom stereocenters. The first-order valence-corrected chi connectivity index (χ1v) is 8.77. The number of hydroxylamine groups is 4. The van der Waals surface area contributed by atoms with Gasteiger partial charge in [-0.2, -0.15) is 0 Å². The first-order chi connectivity index (χ1) is 12.5. The Morgan fingerprint density at radius 2 is 1.88 bits per heavy atom. The highest BCUT2D eigenvalue weighted by atomic mass is 16.6. The number of ether oxygens (including phenoxy) is 1. The number of hydrogen-bond donors (Lipinski definition) is 2. The van der Waals surface area contributed by atoms with Gasteiger partial charge >= 0.3 is 6.03 Å². The molecule has 3 rings (SSSR count).